The zero-order valence-corrected chi connectivity index (χ0v) is 13.8. The molecule has 0 aromatic rings. The fourth-order valence-electron chi connectivity index (χ4n) is 3.07. The predicted octanol–water partition coefficient (Wildman–Crippen LogP) is -2.66. The van der Waals surface area contributed by atoms with E-state index in [1.165, 1.54) is 0 Å². The molecule has 2 saturated heterocycles. The van der Waals surface area contributed by atoms with Gasteiger partial charge in [0.15, 0.2) is 6.29 Å². The lowest BCUT2D eigenvalue weighted by molar-refractivity contribution is -0.335. The fourth-order valence-corrected chi connectivity index (χ4v) is 3.07. The van der Waals surface area contributed by atoms with Gasteiger partial charge in [-0.15, -0.1) is 0 Å². The van der Waals surface area contributed by atoms with Crippen molar-refractivity contribution in [2.45, 2.75) is 75.4 Å². The summed E-state index contributed by atoms with van der Waals surface area (Å²) in [5, 5.41) is 58.6. The van der Waals surface area contributed by atoms with Gasteiger partial charge in [-0.05, 0) is 5.92 Å². The number of aliphatic hydroxyl groups is 6. The predicted molar refractivity (Wildman–Crippen MR) is 79.8 cm³/mol. The number of hydrogen-bond donors (Lipinski definition) is 6. The second-order valence-electron chi connectivity index (χ2n) is 6.74. The molecule has 0 amide bonds. The van der Waals surface area contributed by atoms with Crippen molar-refractivity contribution in [3.05, 3.63) is 0 Å². The van der Waals surface area contributed by atoms with Crippen molar-refractivity contribution in [3.63, 3.8) is 0 Å². The number of aliphatic hydroxyl groups excluding tert-OH is 6. The molecule has 2 heterocycles. The van der Waals surface area contributed by atoms with E-state index in [4.69, 9.17) is 14.2 Å². The van der Waals surface area contributed by atoms with Crippen LogP contribution in [0.25, 0.3) is 0 Å². The topological polar surface area (TPSA) is 149 Å². The zero-order chi connectivity index (χ0) is 18.0. The molecule has 24 heavy (non-hydrogen) atoms. The molecule has 0 spiro atoms. The molecule has 0 saturated carbocycles. The largest absolute Gasteiger partial charge is 0.394 e. The van der Waals surface area contributed by atoms with Crippen LogP contribution < -0.4 is 0 Å². The van der Waals surface area contributed by atoms with E-state index in [0.29, 0.717) is 0 Å². The normalized spacial score (nSPS) is 47.1. The molecule has 2 aliphatic heterocycles. The number of ether oxygens (including phenoxy) is 3. The number of hydrogen-bond acceptors (Lipinski definition) is 9. The molecule has 1 unspecified atom stereocenters. The van der Waals surface area contributed by atoms with Gasteiger partial charge < -0.3 is 44.8 Å². The lowest BCUT2D eigenvalue weighted by Gasteiger charge is -2.45. The SMILES string of the molecule is CC(C)C1C[C@@H](O)[C@H](O[C@@H]2O[C@H](CO)[C@@H](O)[C@H](O)[C@H]2O)[C@@H](CO)O1. The summed E-state index contributed by atoms with van der Waals surface area (Å²) in [6.07, 6.45) is -9.84. The summed E-state index contributed by atoms with van der Waals surface area (Å²) in [7, 11) is 0. The maximum absolute atomic E-state index is 10.3. The van der Waals surface area contributed by atoms with E-state index in [1.807, 2.05) is 13.8 Å². The Morgan fingerprint density at radius 1 is 0.917 bits per heavy atom. The van der Waals surface area contributed by atoms with E-state index in [0.717, 1.165) is 0 Å². The van der Waals surface area contributed by atoms with Gasteiger partial charge in [-0.3, -0.25) is 0 Å². The second kappa shape index (κ2) is 8.35. The zero-order valence-electron chi connectivity index (χ0n) is 13.8. The van der Waals surface area contributed by atoms with Gasteiger partial charge in [0.25, 0.3) is 0 Å². The van der Waals surface area contributed by atoms with Crippen LogP contribution in [0.1, 0.15) is 20.3 Å². The third-order valence-electron chi connectivity index (χ3n) is 4.63. The molecule has 2 rings (SSSR count). The molecule has 0 bridgehead atoms. The molecule has 6 N–H and O–H groups in total. The smallest absolute Gasteiger partial charge is 0.187 e. The summed E-state index contributed by atoms with van der Waals surface area (Å²) < 4.78 is 16.5. The van der Waals surface area contributed by atoms with E-state index in [2.05, 4.69) is 0 Å². The first kappa shape index (κ1) is 20.0. The first-order chi connectivity index (χ1) is 11.3. The Balaban J connectivity index is 2.07. The fraction of sp³-hybridized carbons (Fsp3) is 1.00. The van der Waals surface area contributed by atoms with E-state index < -0.39 is 62.2 Å². The van der Waals surface area contributed by atoms with Gasteiger partial charge in [-0.1, -0.05) is 13.8 Å². The van der Waals surface area contributed by atoms with Crippen molar-refractivity contribution in [2.75, 3.05) is 13.2 Å². The highest BCUT2D eigenvalue weighted by Gasteiger charge is 2.48. The third-order valence-corrected chi connectivity index (χ3v) is 4.63. The molecule has 2 fully saturated rings. The van der Waals surface area contributed by atoms with Crippen LogP contribution in [0.2, 0.25) is 0 Å². The highest BCUT2D eigenvalue weighted by molar-refractivity contribution is 4.92. The molecule has 0 aromatic carbocycles. The Labute approximate surface area is 140 Å². The Hall–Kier alpha value is -0.360. The van der Waals surface area contributed by atoms with E-state index in [9.17, 15) is 30.6 Å². The van der Waals surface area contributed by atoms with Crippen LogP contribution in [0.15, 0.2) is 0 Å². The van der Waals surface area contributed by atoms with Gasteiger partial charge in [0.1, 0.15) is 36.6 Å². The Kier molecular flexibility index (Phi) is 6.94. The highest BCUT2D eigenvalue weighted by atomic mass is 16.7. The first-order valence-electron chi connectivity index (χ1n) is 8.20. The van der Waals surface area contributed by atoms with Gasteiger partial charge in [-0.2, -0.15) is 0 Å². The molecule has 9 heteroatoms. The summed E-state index contributed by atoms with van der Waals surface area (Å²) in [5.74, 6) is 0.141. The molecule has 142 valence electrons. The minimum Gasteiger partial charge on any atom is -0.394 e. The molecular formula is C15H28O9. The summed E-state index contributed by atoms with van der Waals surface area (Å²) in [4.78, 5) is 0. The number of rotatable bonds is 5. The van der Waals surface area contributed by atoms with Crippen LogP contribution in [0.5, 0.6) is 0 Å². The van der Waals surface area contributed by atoms with Crippen LogP contribution in [0, 0.1) is 5.92 Å². The standard InChI is InChI=1S/C15H28O9/c1-6(2)8-3-7(18)14(10(5-17)22-8)24-15-13(21)12(20)11(19)9(4-16)23-15/h6-21H,3-5H2,1-2H3/t7-,8?,9-,10-,11-,12+,13-,14+,15+/m1/s1. The lowest BCUT2D eigenvalue weighted by atomic mass is 9.92. The summed E-state index contributed by atoms with van der Waals surface area (Å²) >= 11 is 0. The monoisotopic (exact) mass is 352 g/mol. The maximum Gasteiger partial charge on any atom is 0.187 e. The molecule has 9 nitrogen and oxygen atoms in total. The van der Waals surface area contributed by atoms with Crippen molar-refractivity contribution >= 4 is 0 Å². The molecule has 0 radical (unpaired) electrons. The second-order valence-corrected chi connectivity index (χ2v) is 6.74. The minimum atomic E-state index is -1.57. The van der Waals surface area contributed by atoms with E-state index in [1.54, 1.807) is 0 Å². The quantitative estimate of drug-likeness (QED) is 0.312. The van der Waals surface area contributed by atoms with Crippen molar-refractivity contribution in [1.82, 2.24) is 0 Å². The van der Waals surface area contributed by atoms with Crippen LogP contribution in [0.4, 0.5) is 0 Å². The van der Waals surface area contributed by atoms with Crippen molar-refractivity contribution in [1.29, 1.82) is 0 Å². The molecule has 2 aliphatic rings. The van der Waals surface area contributed by atoms with Crippen LogP contribution >= 0.6 is 0 Å². The average Bonchev–Trinajstić information content (AvgIpc) is 2.56. The van der Waals surface area contributed by atoms with Crippen LogP contribution in [-0.4, -0.2) is 99.0 Å². The Morgan fingerprint density at radius 2 is 1.54 bits per heavy atom. The van der Waals surface area contributed by atoms with Gasteiger partial charge in [0.2, 0.25) is 0 Å². The molecule has 9 atom stereocenters. The van der Waals surface area contributed by atoms with Gasteiger partial charge >= 0.3 is 0 Å². The molecule has 0 aromatic heterocycles. The summed E-state index contributed by atoms with van der Waals surface area (Å²) in [6.45, 7) is 2.89. The van der Waals surface area contributed by atoms with E-state index >= 15 is 0 Å². The van der Waals surface area contributed by atoms with Crippen LogP contribution in [0.3, 0.4) is 0 Å². The lowest BCUT2D eigenvalue weighted by Crippen LogP contribution is -2.62. The summed E-state index contributed by atoms with van der Waals surface area (Å²) in [6, 6.07) is 0. The van der Waals surface area contributed by atoms with Crippen molar-refractivity contribution in [3.8, 4) is 0 Å². The van der Waals surface area contributed by atoms with Gasteiger partial charge in [0, 0.05) is 6.42 Å². The maximum atomic E-state index is 10.3. The van der Waals surface area contributed by atoms with Crippen LogP contribution in [-0.2, 0) is 14.2 Å². The third kappa shape index (κ3) is 4.06. The van der Waals surface area contributed by atoms with Gasteiger partial charge in [-0.25, -0.2) is 0 Å². The Morgan fingerprint density at radius 3 is 2.08 bits per heavy atom. The first-order valence-corrected chi connectivity index (χ1v) is 8.20. The molecule has 0 aliphatic carbocycles. The molecular weight excluding hydrogens is 324 g/mol. The highest BCUT2D eigenvalue weighted by Crippen LogP contribution is 2.30. The minimum absolute atomic E-state index is 0.141. The van der Waals surface area contributed by atoms with Crippen molar-refractivity contribution < 1.29 is 44.8 Å². The van der Waals surface area contributed by atoms with E-state index in [-0.39, 0.29) is 18.4 Å². The van der Waals surface area contributed by atoms with Gasteiger partial charge in [0.05, 0.1) is 25.4 Å². The summed E-state index contributed by atoms with van der Waals surface area (Å²) in [5.41, 5.74) is 0. The Bertz CT molecular complexity index is 391. The average molecular weight is 352 g/mol. The van der Waals surface area contributed by atoms with Crippen molar-refractivity contribution in [2.24, 2.45) is 5.92 Å².